The summed E-state index contributed by atoms with van der Waals surface area (Å²) in [5, 5.41) is 5.93. The largest absolute Gasteiger partial charge is 0.358 e. The van der Waals surface area contributed by atoms with E-state index in [1.165, 1.54) is 28.9 Å². The quantitative estimate of drug-likeness (QED) is 0.830. The second kappa shape index (κ2) is 6.28. The Hall–Kier alpha value is -1.86. The van der Waals surface area contributed by atoms with E-state index in [0.717, 1.165) is 16.4 Å². The van der Waals surface area contributed by atoms with Gasteiger partial charge in [-0.25, -0.2) is 13.4 Å². The van der Waals surface area contributed by atoms with Gasteiger partial charge in [-0.1, -0.05) is 18.2 Å². The Morgan fingerprint density at radius 1 is 1.38 bits per heavy atom. The molecule has 2 rings (SSSR count). The molecule has 0 unspecified atom stereocenters. The van der Waals surface area contributed by atoms with E-state index < -0.39 is 10.0 Å². The van der Waals surface area contributed by atoms with Crippen molar-refractivity contribution >= 4 is 32.2 Å². The van der Waals surface area contributed by atoms with Crippen molar-refractivity contribution in [3.63, 3.8) is 0 Å². The van der Waals surface area contributed by atoms with Crippen molar-refractivity contribution in [2.24, 2.45) is 0 Å². The van der Waals surface area contributed by atoms with Gasteiger partial charge < -0.3 is 5.32 Å². The summed E-state index contributed by atoms with van der Waals surface area (Å²) >= 11 is 1.52. The number of nitrogens with one attached hydrogen (secondary N) is 1. The molecular formula is C14H17N3O2S2. The molecule has 0 fully saturated rings. The standard InChI is InChI=1S/C14H17N3O2S2/c1-4-9-15-14-16-13(10-20-14)11-5-7-12(8-6-11)17(2)21(3,18)19/h4-8,10H,1,9H2,2-3H3,(H,15,16). The molecule has 0 aliphatic carbocycles. The SMILES string of the molecule is C=CCNc1nc(-c2ccc(N(C)S(C)(=O)=O)cc2)cs1. The molecule has 0 bridgehead atoms. The zero-order chi connectivity index (χ0) is 15.5. The lowest BCUT2D eigenvalue weighted by Crippen LogP contribution is -2.24. The third-order valence-corrected chi connectivity index (χ3v) is 4.93. The Kier molecular flexibility index (Phi) is 4.64. The second-order valence-electron chi connectivity index (χ2n) is 4.48. The molecule has 21 heavy (non-hydrogen) atoms. The van der Waals surface area contributed by atoms with Gasteiger partial charge in [-0.3, -0.25) is 4.31 Å². The maximum absolute atomic E-state index is 11.5. The molecule has 1 heterocycles. The first-order valence-corrected chi connectivity index (χ1v) is 8.99. The number of hydrogen-bond donors (Lipinski definition) is 1. The van der Waals surface area contributed by atoms with Gasteiger partial charge in [0.1, 0.15) is 0 Å². The summed E-state index contributed by atoms with van der Waals surface area (Å²) in [7, 11) is -1.71. The van der Waals surface area contributed by atoms with Crippen LogP contribution in [-0.2, 0) is 10.0 Å². The number of thiazole rings is 1. The van der Waals surface area contributed by atoms with Crippen LogP contribution in [0, 0.1) is 0 Å². The number of aromatic nitrogens is 1. The second-order valence-corrected chi connectivity index (χ2v) is 7.36. The molecule has 7 heteroatoms. The van der Waals surface area contributed by atoms with Crippen LogP contribution in [0.4, 0.5) is 10.8 Å². The maximum atomic E-state index is 11.5. The summed E-state index contributed by atoms with van der Waals surface area (Å²) in [5.74, 6) is 0. The average Bonchev–Trinajstić information content (AvgIpc) is 2.92. The van der Waals surface area contributed by atoms with E-state index in [4.69, 9.17) is 0 Å². The predicted molar refractivity (Wildman–Crippen MR) is 89.5 cm³/mol. The van der Waals surface area contributed by atoms with E-state index >= 15 is 0 Å². The van der Waals surface area contributed by atoms with E-state index in [2.05, 4.69) is 16.9 Å². The molecule has 0 aliphatic rings. The fourth-order valence-electron chi connectivity index (χ4n) is 1.68. The highest BCUT2D eigenvalue weighted by molar-refractivity contribution is 7.92. The van der Waals surface area contributed by atoms with Crippen molar-refractivity contribution in [1.82, 2.24) is 4.98 Å². The van der Waals surface area contributed by atoms with E-state index in [1.807, 2.05) is 17.5 Å². The van der Waals surface area contributed by atoms with Gasteiger partial charge in [-0.15, -0.1) is 17.9 Å². The number of hydrogen-bond acceptors (Lipinski definition) is 5. The van der Waals surface area contributed by atoms with Crippen LogP contribution in [0.25, 0.3) is 11.3 Å². The number of nitrogens with zero attached hydrogens (tertiary/aromatic N) is 2. The van der Waals surface area contributed by atoms with Crippen LogP contribution < -0.4 is 9.62 Å². The molecule has 0 amide bonds. The molecule has 5 nitrogen and oxygen atoms in total. The Labute approximate surface area is 129 Å². The number of rotatable bonds is 6. The molecule has 0 radical (unpaired) electrons. The summed E-state index contributed by atoms with van der Waals surface area (Å²) in [4.78, 5) is 4.47. The zero-order valence-corrected chi connectivity index (χ0v) is 13.5. The van der Waals surface area contributed by atoms with Gasteiger partial charge in [0.15, 0.2) is 5.13 Å². The fraction of sp³-hybridized carbons (Fsp3) is 0.214. The van der Waals surface area contributed by atoms with Crippen LogP contribution in [-0.4, -0.2) is 33.2 Å². The van der Waals surface area contributed by atoms with E-state index in [1.54, 1.807) is 18.2 Å². The molecule has 112 valence electrons. The number of anilines is 2. The fourth-order valence-corrected chi connectivity index (χ4v) is 2.92. The summed E-state index contributed by atoms with van der Waals surface area (Å²) in [6.45, 7) is 4.32. The van der Waals surface area contributed by atoms with Gasteiger partial charge in [0.05, 0.1) is 17.6 Å². The van der Waals surface area contributed by atoms with E-state index in [0.29, 0.717) is 12.2 Å². The minimum absolute atomic E-state index is 0.626. The third kappa shape index (κ3) is 3.83. The summed E-state index contributed by atoms with van der Waals surface area (Å²) in [6.07, 6.45) is 2.95. The van der Waals surface area contributed by atoms with Crippen LogP contribution in [0.3, 0.4) is 0 Å². The topological polar surface area (TPSA) is 62.3 Å². The Morgan fingerprint density at radius 3 is 2.62 bits per heavy atom. The van der Waals surface area contributed by atoms with Crippen molar-refractivity contribution in [3.8, 4) is 11.3 Å². The first-order chi connectivity index (χ1) is 9.91. The lowest BCUT2D eigenvalue weighted by molar-refractivity contribution is 0.600. The minimum atomic E-state index is -3.24. The van der Waals surface area contributed by atoms with E-state index in [-0.39, 0.29) is 0 Å². The van der Waals surface area contributed by atoms with Crippen LogP contribution in [0.15, 0.2) is 42.3 Å². The van der Waals surface area contributed by atoms with Crippen molar-refractivity contribution in [2.45, 2.75) is 0 Å². The normalized spacial score (nSPS) is 11.1. The predicted octanol–water partition coefficient (Wildman–Crippen LogP) is 2.80. The molecule has 1 aromatic carbocycles. The first kappa shape index (κ1) is 15.5. The zero-order valence-electron chi connectivity index (χ0n) is 11.9. The van der Waals surface area contributed by atoms with Crippen LogP contribution in [0.5, 0.6) is 0 Å². The summed E-state index contributed by atoms with van der Waals surface area (Å²) < 4.78 is 24.2. The molecule has 2 aromatic rings. The van der Waals surface area contributed by atoms with Gasteiger partial charge in [0, 0.05) is 24.5 Å². The van der Waals surface area contributed by atoms with Crippen molar-refractivity contribution in [2.75, 3.05) is 29.5 Å². The Balaban J connectivity index is 2.19. The number of benzene rings is 1. The molecule has 0 saturated heterocycles. The average molecular weight is 323 g/mol. The molecule has 1 N–H and O–H groups in total. The monoisotopic (exact) mass is 323 g/mol. The van der Waals surface area contributed by atoms with Crippen molar-refractivity contribution in [1.29, 1.82) is 0 Å². The minimum Gasteiger partial charge on any atom is -0.358 e. The molecule has 1 aromatic heterocycles. The van der Waals surface area contributed by atoms with Crippen LogP contribution in [0.2, 0.25) is 0 Å². The van der Waals surface area contributed by atoms with Crippen molar-refractivity contribution < 1.29 is 8.42 Å². The first-order valence-electron chi connectivity index (χ1n) is 6.26. The van der Waals surface area contributed by atoms with Crippen LogP contribution >= 0.6 is 11.3 Å². The lowest BCUT2D eigenvalue weighted by Gasteiger charge is -2.16. The van der Waals surface area contributed by atoms with Gasteiger partial charge in [0.25, 0.3) is 0 Å². The lowest BCUT2D eigenvalue weighted by atomic mass is 10.1. The summed E-state index contributed by atoms with van der Waals surface area (Å²) in [6, 6.07) is 7.27. The highest BCUT2D eigenvalue weighted by Crippen LogP contribution is 2.27. The molecule has 0 spiro atoms. The highest BCUT2D eigenvalue weighted by atomic mass is 32.2. The van der Waals surface area contributed by atoms with Crippen LogP contribution in [0.1, 0.15) is 0 Å². The molecule has 0 saturated carbocycles. The molecule has 0 atom stereocenters. The van der Waals surface area contributed by atoms with Gasteiger partial charge in [-0.05, 0) is 12.1 Å². The van der Waals surface area contributed by atoms with E-state index in [9.17, 15) is 8.42 Å². The van der Waals surface area contributed by atoms with Gasteiger partial charge in [-0.2, -0.15) is 0 Å². The summed E-state index contributed by atoms with van der Waals surface area (Å²) in [5.41, 5.74) is 2.44. The molecule has 0 aliphatic heterocycles. The Morgan fingerprint density at radius 2 is 2.05 bits per heavy atom. The maximum Gasteiger partial charge on any atom is 0.231 e. The smallest absolute Gasteiger partial charge is 0.231 e. The highest BCUT2D eigenvalue weighted by Gasteiger charge is 2.12. The molecular weight excluding hydrogens is 306 g/mol. The third-order valence-electron chi connectivity index (χ3n) is 2.93. The van der Waals surface area contributed by atoms with Gasteiger partial charge in [0.2, 0.25) is 10.0 Å². The Bertz CT molecular complexity index is 721. The number of sulfonamides is 1. The van der Waals surface area contributed by atoms with Crippen molar-refractivity contribution in [3.05, 3.63) is 42.3 Å². The van der Waals surface area contributed by atoms with Gasteiger partial charge >= 0.3 is 0 Å².